The Morgan fingerprint density at radius 1 is 1.30 bits per heavy atom. The average molecular weight is 278 g/mol. The number of aryl methyl sites for hydroxylation is 1. The first-order valence-electron chi connectivity index (χ1n) is 7.73. The molecule has 2 rings (SSSR count). The smallest absolute Gasteiger partial charge is 0.123 e. The molecule has 0 spiro atoms. The summed E-state index contributed by atoms with van der Waals surface area (Å²) in [4.78, 5) is 2.47. The highest BCUT2D eigenvalue weighted by Gasteiger charge is 2.27. The van der Waals surface area contributed by atoms with Gasteiger partial charge in [0.2, 0.25) is 0 Å². The molecule has 0 radical (unpaired) electrons. The molecule has 1 atom stereocenters. The van der Waals surface area contributed by atoms with E-state index >= 15 is 0 Å². The highest BCUT2D eigenvalue weighted by atomic mass is 19.1. The molecule has 1 saturated heterocycles. The summed E-state index contributed by atoms with van der Waals surface area (Å²) < 4.78 is 13.3. The molecule has 1 unspecified atom stereocenters. The summed E-state index contributed by atoms with van der Waals surface area (Å²) in [5.74, 6) is 1.43. The molecule has 1 fully saturated rings. The Labute approximate surface area is 122 Å². The molecule has 1 aliphatic heterocycles. The lowest BCUT2D eigenvalue weighted by molar-refractivity contribution is 0.117. The summed E-state index contributed by atoms with van der Waals surface area (Å²) in [5, 5.41) is 0. The number of nitrogens with zero attached hydrogens (tertiary/aromatic N) is 1. The minimum absolute atomic E-state index is 0.166. The molecule has 1 aromatic carbocycles. The van der Waals surface area contributed by atoms with Crippen LogP contribution in [0.5, 0.6) is 0 Å². The van der Waals surface area contributed by atoms with E-state index in [0.29, 0.717) is 6.54 Å². The van der Waals surface area contributed by atoms with Gasteiger partial charge in [0.05, 0.1) is 0 Å². The Morgan fingerprint density at radius 3 is 2.45 bits per heavy atom. The molecule has 2 N–H and O–H groups in total. The van der Waals surface area contributed by atoms with Gasteiger partial charge in [-0.2, -0.15) is 0 Å². The van der Waals surface area contributed by atoms with Crippen molar-refractivity contribution >= 4 is 0 Å². The summed E-state index contributed by atoms with van der Waals surface area (Å²) in [6.07, 6.45) is 2.49. The van der Waals surface area contributed by atoms with E-state index in [2.05, 4.69) is 18.7 Å². The second-order valence-electron chi connectivity index (χ2n) is 6.37. The van der Waals surface area contributed by atoms with Crippen LogP contribution in [0.25, 0.3) is 0 Å². The second kappa shape index (κ2) is 6.68. The van der Waals surface area contributed by atoms with E-state index in [9.17, 15) is 4.39 Å². The van der Waals surface area contributed by atoms with E-state index in [1.165, 1.54) is 18.4 Å². The van der Waals surface area contributed by atoms with Crippen LogP contribution < -0.4 is 5.73 Å². The second-order valence-corrected chi connectivity index (χ2v) is 6.37. The van der Waals surface area contributed by atoms with Crippen LogP contribution in [0.15, 0.2) is 18.2 Å². The van der Waals surface area contributed by atoms with Crippen molar-refractivity contribution in [1.82, 2.24) is 4.90 Å². The molecule has 20 heavy (non-hydrogen) atoms. The molecular weight excluding hydrogens is 251 g/mol. The van der Waals surface area contributed by atoms with Crippen LogP contribution in [0.2, 0.25) is 0 Å². The number of benzene rings is 1. The van der Waals surface area contributed by atoms with Crippen molar-refractivity contribution in [3.8, 4) is 0 Å². The first-order valence-corrected chi connectivity index (χ1v) is 7.73. The first-order chi connectivity index (χ1) is 9.52. The Bertz CT molecular complexity index is 437. The molecule has 0 aromatic heterocycles. The molecular formula is C17H27FN2. The van der Waals surface area contributed by atoms with Crippen molar-refractivity contribution in [2.45, 2.75) is 39.7 Å². The maximum atomic E-state index is 13.3. The van der Waals surface area contributed by atoms with E-state index in [0.717, 1.165) is 30.5 Å². The molecule has 2 nitrogen and oxygen atoms in total. The fourth-order valence-corrected chi connectivity index (χ4v) is 3.38. The molecule has 0 amide bonds. The van der Waals surface area contributed by atoms with Crippen molar-refractivity contribution in [2.24, 2.45) is 17.6 Å². The lowest BCUT2D eigenvalue weighted by Crippen LogP contribution is -2.41. The summed E-state index contributed by atoms with van der Waals surface area (Å²) in [6.45, 7) is 9.39. The zero-order chi connectivity index (χ0) is 14.7. The number of piperidine rings is 1. The van der Waals surface area contributed by atoms with Gasteiger partial charge in [-0.15, -0.1) is 0 Å². The Hall–Kier alpha value is -0.930. The van der Waals surface area contributed by atoms with Crippen LogP contribution in [0.3, 0.4) is 0 Å². The third-order valence-electron chi connectivity index (χ3n) is 4.77. The van der Waals surface area contributed by atoms with Crippen LogP contribution in [0.4, 0.5) is 4.39 Å². The van der Waals surface area contributed by atoms with E-state index in [-0.39, 0.29) is 11.9 Å². The van der Waals surface area contributed by atoms with Crippen LogP contribution in [0, 0.1) is 24.6 Å². The Kier molecular flexibility index (Phi) is 5.17. The predicted octanol–water partition coefficient (Wildman–Crippen LogP) is 3.50. The summed E-state index contributed by atoms with van der Waals surface area (Å²) in [6, 6.07) is 5.28. The van der Waals surface area contributed by atoms with Crippen LogP contribution in [-0.4, -0.2) is 24.5 Å². The standard InChI is InChI=1S/C17H27FN2/c1-12(2)14-6-8-20(9-7-14)17(11-19)16-5-4-15(18)10-13(16)3/h4-5,10,12,14,17H,6-9,11,19H2,1-3H3. The quantitative estimate of drug-likeness (QED) is 0.913. The van der Waals surface area contributed by atoms with Gasteiger partial charge in [-0.05, 0) is 68.0 Å². The molecule has 1 aromatic rings. The zero-order valence-corrected chi connectivity index (χ0v) is 12.9. The van der Waals surface area contributed by atoms with Crippen molar-refractivity contribution < 1.29 is 4.39 Å². The first kappa shape index (κ1) is 15.5. The summed E-state index contributed by atoms with van der Waals surface area (Å²) in [7, 11) is 0. The SMILES string of the molecule is Cc1cc(F)ccc1C(CN)N1CCC(C(C)C)CC1. The topological polar surface area (TPSA) is 29.3 Å². The highest BCUT2D eigenvalue weighted by Crippen LogP contribution is 2.31. The highest BCUT2D eigenvalue weighted by molar-refractivity contribution is 5.30. The maximum absolute atomic E-state index is 13.3. The minimum Gasteiger partial charge on any atom is -0.329 e. The van der Waals surface area contributed by atoms with E-state index in [1.54, 1.807) is 12.1 Å². The number of hydrogen-bond acceptors (Lipinski definition) is 2. The predicted molar refractivity (Wildman–Crippen MR) is 82.1 cm³/mol. The van der Waals surface area contributed by atoms with E-state index in [4.69, 9.17) is 5.73 Å². The van der Waals surface area contributed by atoms with Crippen molar-refractivity contribution in [3.05, 3.63) is 35.1 Å². The number of halogens is 1. The Balaban J connectivity index is 2.09. The third kappa shape index (κ3) is 3.39. The number of rotatable bonds is 4. The van der Waals surface area contributed by atoms with Crippen molar-refractivity contribution in [2.75, 3.05) is 19.6 Å². The molecule has 0 saturated carbocycles. The van der Waals surface area contributed by atoms with Crippen LogP contribution >= 0.6 is 0 Å². The minimum atomic E-state index is -0.166. The van der Waals surface area contributed by atoms with E-state index in [1.807, 2.05) is 13.0 Å². The molecule has 1 aliphatic rings. The van der Waals surface area contributed by atoms with Gasteiger partial charge in [0.25, 0.3) is 0 Å². The lowest BCUT2D eigenvalue weighted by atomic mass is 9.85. The molecule has 0 aliphatic carbocycles. The average Bonchev–Trinajstić information content (AvgIpc) is 2.42. The van der Waals surface area contributed by atoms with Gasteiger partial charge in [-0.1, -0.05) is 19.9 Å². The molecule has 3 heteroatoms. The number of nitrogens with two attached hydrogens (primary N) is 1. The Morgan fingerprint density at radius 2 is 1.95 bits per heavy atom. The molecule has 112 valence electrons. The normalized spacial score (nSPS) is 19.5. The molecule has 0 bridgehead atoms. The lowest BCUT2D eigenvalue weighted by Gasteiger charge is -2.39. The third-order valence-corrected chi connectivity index (χ3v) is 4.77. The van der Waals surface area contributed by atoms with Gasteiger partial charge in [0.1, 0.15) is 5.82 Å². The summed E-state index contributed by atoms with van der Waals surface area (Å²) in [5.41, 5.74) is 8.19. The maximum Gasteiger partial charge on any atom is 0.123 e. The monoisotopic (exact) mass is 278 g/mol. The molecule has 1 heterocycles. The largest absolute Gasteiger partial charge is 0.329 e. The van der Waals surface area contributed by atoms with Crippen LogP contribution in [0.1, 0.15) is 43.9 Å². The van der Waals surface area contributed by atoms with Crippen LogP contribution in [-0.2, 0) is 0 Å². The number of likely N-dealkylation sites (tertiary alicyclic amines) is 1. The fraction of sp³-hybridized carbons (Fsp3) is 0.647. The van der Waals surface area contributed by atoms with Crippen molar-refractivity contribution in [3.63, 3.8) is 0 Å². The van der Waals surface area contributed by atoms with Gasteiger partial charge < -0.3 is 5.73 Å². The van der Waals surface area contributed by atoms with Gasteiger partial charge in [-0.3, -0.25) is 4.90 Å². The van der Waals surface area contributed by atoms with Gasteiger partial charge >= 0.3 is 0 Å². The van der Waals surface area contributed by atoms with E-state index < -0.39 is 0 Å². The summed E-state index contributed by atoms with van der Waals surface area (Å²) >= 11 is 0. The van der Waals surface area contributed by atoms with Gasteiger partial charge in [-0.25, -0.2) is 4.39 Å². The fourth-order valence-electron chi connectivity index (χ4n) is 3.38. The van der Waals surface area contributed by atoms with Gasteiger partial charge in [0, 0.05) is 12.6 Å². The number of hydrogen-bond donors (Lipinski definition) is 1. The van der Waals surface area contributed by atoms with Gasteiger partial charge in [0.15, 0.2) is 0 Å². The zero-order valence-electron chi connectivity index (χ0n) is 12.9. The van der Waals surface area contributed by atoms with Crippen molar-refractivity contribution in [1.29, 1.82) is 0 Å².